The number of aromatic nitrogens is 1. The fraction of sp³-hybridized carbons (Fsp3) is 0.471. The van der Waals surface area contributed by atoms with Gasteiger partial charge in [-0.2, -0.15) is 0 Å². The molecule has 3 N–H and O–H groups in total. The van der Waals surface area contributed by atoms with Crippen molar-refractivity contribution in [3.8, 4) is 5.75 Å². The first-order valence-electron chi connectivity index (χ1n) is 7.53. The molecule has 0 saturated heterocycles. The molecule has 0 atom stereocenters. The summed E-state index contributed by atoms with van der Waals surface area (Å²) in [6, 6.07) is 6.29. The molecule has 1 heterocycles. The van der Waals surface area contributed by atoms with Crippen molar-refractivity contribution in [3.05, 3.63) is 30.0 Å². The Bertz CT molecular complexity index is 604. The molecule has 0 unspecified atom stereocenters. The SMILES string of the molecule is CC(N)=O.COc1ccc2[nH]cc(C3CCCCC3)c2c1.[HH].[HH]. The Balaban J connectivity index is 0.000000731. The fourth-order valence-corrected chi connectivity index (χ4v) is 3.00. The molecular formula is C17H28N2O2. The van der Waals surface area contributed by atoms with Crippen molar-refractivity contribution in [2.75, 3.05) is 7.11 Å². The molecule has 1 amide bonds. The van der Waals surface area contributed by atoms with Crippen LogP contribution in [0.4, 0.5) is 0 Å². The van der Waals surface area contributed by atoms with Crippen LogP contribution in [0.2, 0.25) is 0 Å². The number of primary amides is 1. The molecule has 0 spiro atoms. The van der Waals surface area contributed by atoms with Crippen LogP contribution in [0.1, 0.15) is 53.4 Å². The molecule has 4 heteroatoms. The zero-order chi connectivity index (χ0) is 15.2. The van der Waals surface area contributed by atoms with Gasteiger partial charge in [-0.25, -0.2) is 0 Å². The summed E-state index contributed by atoms with van der Waals surface area (Å²) in [5.41, 5.74) is 7.19. The number of H-pyrrole nitrogens is 1. The number of hydrogen-bond acceptors (Lipinski definition) is 2. The van der Waals surface area contributed by atoms with Gasteiger partial charge in [-0.1, -0.05) is 19.3 Å². The Kier molecular flexibility index (Phi) is 5.26. The maximum absolute atomic E-state index is 9.22. The van der Waals surface area contributed by atoms with Crippen LogP contribution in [0.15, 0.2) is 24.4 Å². The first kappa shape index (κ1) is 15.4. The van der Waals surface area contributed by atoms with Gasteiger partial charge in [-0.15, -0.1) is 0 Å². The Morgan fingerprint density at radius 1 is 1.33 bits per heavy atom. The molecule has 0 radical (unpaired) electrons. The van der Waals surface area contributed by atoms with Gasteiger partial charge in [0, 0.05) is 26.9 Å². The van der Waals surface area contributed by atoms with E-state index < -0.39 is 0 Å². The van der Waals surface area contributed by atoms with Crippen LogP contribution in [0.25, 0.3) is 10.9 Å². The number of amides is 1. The molecule has 3 rings (SSSR count). The second kappa shape index (κ2) is 7.16. The second-order valence-corrected chi connectivity index (χ2v) is 5.60. The maximum atomic E-state index is 9.22. The van der Waals surface area contributed by atoms with Crippen LogP contribution in [-0.4, -0.2) is 18.0 Å². The van der Waals surface area contributed by atoms with Crippen molar-refractivity contribution in [2.45, 2.75) is 44.9 Å². The predicted octanol–water partition coefficient (Wildman–Crippen LogP) is 4.21. The van der Waals surface area contributed by atoms with Crippen molar-refractivity contribution in [2.24, 2.45) is 5.73 Å². The highest BCUT2D eigenvalue weighted by atomic mass is 16.5. The van der Waals surface area contributed by atoms with Crippen molar-refractivity contribution in [1.82, 2.24) is 4.98 Å². The van der Waals surface area contributed by atoms with Crippen LogP contribution < -0.4 is 10.5 Å². The average molecular weight is 292 g/mol. The van der Waals surface area contributed by atoms with E-state index in [1.807, 2.05) is 6.07 Å². The zero-order valence-corrected chi connectivity index (χ0v) is 12.8. The number of hydrogen-bond donors (Lipinski definition) is 2. The van der Waals surface area contributed by atoms with Gasteiger partial charge in [-0.05, 0) is 42.5 Å². The Morgan fingerprint density at radius 2 is 2.00 bits per heavy atom. The van der Waals surface area contributed by atoms with E-state index in [1.165, 1.54) is 55.5 Å². The molecule has 2 aromatic rings. The molecule has 1 aromatic heterocycles. The van der Waals surface area contributed by atoms with Crippen LogP contribution in [-0.2, 0) is 4.79 Å². The maximum Gasteiger partial charge on any atom is 0.214 e. The smallest absolute Gasteiger partial charge is 0.214 e. The highest BCUT2D eigenvalue weighted by Crippen LogP contribution is 2.37. The number of nitrogens with one attached hydrogen (secondary N) is 1. The van der Waals surface area contributed by atoms with Gasteiger partial charge in [0.1, 0.15) is 5.75 Å². The lowest BCUT2D eigenvalue weighted by Crippen LogP contribution is -2.03. The van der Waals surface area contributed by atoms with E-state index in [0.717, 1.165) is 11.7 Å². The molecule has 21 heavy (non-hydrogen) atoms. The van der Waals surface area contributed by atoms with E-state index in [9.17, 15) is 4.79 Å². The number of carbonyl (C=O) groups excluding carboxylic acids is 1. The summed E-state index contributed by atoms with van der Waals surface area (Å²) in [6.45, 7) is 1.31. The quantitative estimate of drug-likeness (QED) is 0.870. The molecule has 1 aliphatic rings. The van der Waals surface area contributed by atoms with Gasteiger partial charge in [0.15, 0.2) is 0 Å². The van der Waals surface area contributed by atoms with Gasteiger partial charge < -0.3 is 15.5 Å². The number of methoxy groups -OCH3 is 1. The lowest BCUT2D eigenvalue weighted by atomic mass is 9.84. The van der Waals surface area contributed by atoms with Crippen molar-refractivity contribution in [1.29, 1.82) is 0 Å². The summed E-state index contributed by atoms with van der Waals surface area (Å²) in [5.74, 6) is 1.36. The second-order valence-electron chi connectivity index (χ2n) is 5.60. The van der Waals surface area contributed by atoms with Gasteiger partial charge in [-0.3, -0.25) is 4.79 Å². The van der Waals surface area contributed by atoms with E-state index in [-0.39, 0.29) is 8.76 Å². The third-order valence-corrected chi connectivity index (χ3v) is 3.97. The Hall–Kier alpha value is -1.97. The third-order valence-electron chi connectivity index (χ3n) is 3.97. The normalized spacial score (nSPS) is 15.3. The summed E-state index contributed by atoms with van der Waals surface area (Å²) in [7, 11) is 1.73. The number of carbonyl (C=O) groups is 1. The molecule has 118 valence electrons. The lowest BCUT2D eigenvalue weighted by molar-refractivity contribution is -0.115. The minimum atomic E-state index is -0.333. The van der Waals surface area contributed by atoms with Crippen molar-refractivity contribution >= 4 is 16.8 Å². The molecular weight excluding hydrogens is 264 g/mol. The Morgan fingerprint density at radius 3 is 2.62 bits per heavy atom. The molecule has 1 saturated carbocycles. The molecule has 4 nitrogen and oxygen atoms in total. The largest absolute Gasteiger partial charge is 0.497 e. The highest BCUT2D eigenvalue weighted by molar-refractivity contribution is 5.85. The number of aromatic amines is 1. The number of nitrogens with two attached hydrogens (primary N) is 1. The Labute approximate surface area is 128 Å². The molecule has 0 bridgehead atoms. The van der Waals surface area contributed by atoms with Gasteiger partial charge >= 0.3 is 0 Å². The summed E-state index contributed by atoms with van der Waals surface area (Å²) in [6.07, 6.45) is 9.03. The van der Waals surface area contributed by atoms with Gasteiger partial charge in [0.25, 0.3) is 0 Å². The minimum Gasteiger partial charge on any atom is -0.497 e. The topological polar surface area (TPSA) is 68.1 Å². The zero-order valence-electron chi connectivity index (χ0n) is 12.8. The predicted molar refractivity (Wildman–Crippen MR) is 89.8 cm³/mol. The van der Waals surface area contributed by atoms with Crippen molar-refractivity contribution < 1.29 is 12.4 Å². The molecule has 0 aliphatic heterocycles. The first-order valence-corrected chi connectivity index (χ1v) is 7.53. The van der Waals surface area contributed by atoms with E-state index in [1.54, 1.807) is 7.11 Å². The monoisotopic (exact) mass is 292 g/mol. The molecule has 1 aliphatic carbocycles. The lowest BCUT2D eigenvalue weighted by Gasteiger charge is -2.21. The fourth-order valence-electron chi connectivity index (χ4n) is 3.00. The van der Waals surface area contributed by atoms with Crippen LogP contribution >= 0.6 is 0 Å². The van der Waals surface area contributed by atoms with Crippen LogP contribution in [0.3, 0.4) is 0 Å². The van der Waals surface area contributed by atoms with E-state index >= 15 is 0 Å². The molecule has 1 fully saturated rings. The summed E-state index contributed by atoms with van der Waals surface area (Å²) < 4.78 is 5.32. The summed E-state index contributed by atoms with van der Waals surface area (Å²) in [4.78, 5) is 12.6. The van der Waals surface area contributed by atoms with Crippen LogP contribution in [0.5, 0.6) is 5.75 Å². The van der Waals surface area contributed by atoms with Gasteiger partial charge in [0.2, 0.25) is 5.91 Å². The number of benzene rings is 1. The number of fused-ring (bicyclic) bond motifs is 1. The third kappa shape index (κ3) is 4.00. The average Bonchev–Trinajstić information content (AvgIpc) is 2.90. The number of rotatable bonds is 2. The summed E-state index contributed by atoms with van der Waals surface area (Å²) in [5, 5.41) is 1.34. The van der Waals surface area contributed by atoms with Gasteiger partial charge in [0.05, 0.1) is 7.11 Å². The van der Waals surface area contributed by atoms with Crippen molar-refractivity contribution in [3.63, 3.8) is 0 Å². The van der Waals surface area contributed by atoms with Crippen LogP contribution in [0, 0.1) is 0 Å². The highest BCUT2D eigenvalue weighted by Gasteiger charge is 2.18. The summed E-state index contributed by atoms with van der Waals surface area (Å²) >= 11 is 0. The van der Waals surface area contributed by atoms with E-state index in [0.29, 0.717) is 0 Å². The standard InChI is InChI=1S/C15H19NO.C2H5NO.2H2/c1-17-12-7-8-15-13(9-12)14(10-16-15)11-5-3-2-4-6-11;1-2(3)4;;/h7-11,16H,2-6H2,1H3;1H3,(H2,3,4);2*1H. The molecule has 1 aromatic carbocycles. The van der Waals surface area contributed by atoms with E-state index in [4.69, 9.17) is 4.74 Å². The minimum absolute atomic E-state index is 0. The van der Waals surface area contributed by atoms with E-state index in [2.05, 4.69) is 29.0 Å². The number of ether oxygens (including phenoxy) is 1. The first-order chi connectivity index (χ1) is 10.1.